The van der Waals surface area contributed by atoms with Crippen LogP contribution in [0, 0.1) is 0 Å². The minimum absolute atomic E-state index is 0.188. The van der Waals surface area contributed by atoms with Gasteiger partial charge in [-0.2, -0.15) is 5.10 Å². The molecule has 0 fully saturated rings. The highest BCUT2D eigenvalue weighted by Gasteiger charge is 2.13. The van der Waals surface area contributed by atoms with E-state index in [9.17, 15) is 9.59 Å². The minimum atomic E-state index is -0.213. The summed E-state index contributed by atoms with van der Waals surface area (Å²) in [6.07, 6.45) is 3.11. The normalized spacial score (nSPS) is 11.6. The topological polar surface area (TPSA) is 88.9 Å². The number of rotatable bonds is 6. The number of aromatic nitrogens is 3. The third-order valence-corrected chi connectivity index (χ3v) is 5.42. The third-order valence-electron chi connectivity index (χ3n) is 4.55. The molecule has 4 aromatic rings. The lowest BCUT2D eigenvalue weighted by Gasteiger charge is -2.15. The summed E-state index contributed by atoms with van der Waals surface area (Å²) >= 11 is 1.37. The van der Waals surface area contributed by atoms with Crippen LogP contribution in [0.5, 0.6) is 0 Å². The molecule has 8 heteroatoms. The lowest BCUT2D eigenvalue weighted by Crippen LogP contribution is -2.26. The Balaban J connectivity index is 1.41. The van der Waals surface area contributed by atoms with Gasteiger partial charge in [-0.05, 0) is 54.3 Å². The van der Waals surface area contributed by atoms with Gasteiger partial charge in [0.05, 0.1) is 16.6 Å². The van der Waals surface area contributed by atoms with Crippen molar-refractivity contribution in [2.45, 2.75) is 13.0 Å². The first-order chi connectivity index (χ1) is 14.6. The van der Waals surface area contributed by atoms with Crippen LogP contribution in [0.25, 0.3) is 5.69 Å². The van der Waals surface area contributed by atoms with Crippen LogP contribution in [-0.2, 0) is 0 Å². The molecule has 2 heterocycles. The largest absolute Gasteiger partial charge is 0.346 e. The number of benzene rings is 2. The number of thiophene rings is 1. The first kappa shape index (κ1) is 19.5. The van der Waals surface area contributed by atoms with Crippen LogP contribution in [-0.4, -0.2) is 26.6 Å². The molecule has 1 atom stereocenters. The molecule has 4 rings (SSSR count). The summed E-state index contributed by atoms with van der Waals surface area (Å²) in [4.78, 5) is 29.5. The highest BCUT2D eigenvalue weighted by molar-refractivity contribution is 7.12. The molecule has 2 aromatic carbocycles. The predicted molar refractivity (Wildman–Crippen MR) is 116 cm³/mol. The maximum atomic E-state index is 12.7. The van der Waals surface area contributed by atoms with E-state index in [-0.39, 0.29) is 17.9 Å². The fourth-order valence-electron chi connectivity index (χ4n) is 2.96. The van der Waals surface area contributed by atoms with Crippen molar-refractivity contribution in [3.05, 3.63) is 94.7 Å². The van der Waals surface area contributed by atoms with Gasteiger partial charge in [0.1, 0.15) is 12.7 Å². The fourth-order valence-corrected chi connectivity index (χ4v) is 3.58. The number of amides is 2. The summed E-state index contributed by atoms with van der Waals surface area (Å²) in [6.45, 7) is 1.92. The molecule has 0 saturated carbocycles. The van der Waals surface area contributed by atoms with Crippen molar-refractivity contribution in [2.75, 3.05) is 5.32 Å². The van der Waals surface area contributed by atoms with Crippen molar-refractivity contribution in [1.29, 1.82) is 0 Å². The van der Waals surface area contributed by atoms with Crippen molar-refractivity contribution in [2.24, 2.45) is 0 Å². The van der Waals surface area contributed by atoms with Crippen LogP contribution in [0.2, 0.25) is 0 Å². The van der Waals surface area contributed by atoms with Crippen LogP contribution >= 0.6 is 11.3 Å². The molecule has 0 aliphatic heterocycles. The number of nitrogens with zero attached hydrogens (tertiary/aromatic N) is 3. The molecule has 0 spiro atoms. The first-order valence-electron chi connectivity index (χ1n) is 9.31. The van der Waals surface area contributed by atoms with E-state index >= 15 is 0 Å². The van der Waals surface area contributed by atoms with Gasteiger partial charge in [0.2, 0.25) is 0 Å². The summed E-state index contributed by atoms with van der Waals surface area (Å²) in [5.74, 6) is -0.404. The zero-order valence-electron chi connectivity index (χ0n) is 16.1. The average molecular weight is 417 g/mol. The van der Waals surface area contributed by atoms with E-state index in [4.69, 9.17) is 0 Å². The van der Waals surface area contributed by atoms with Crippen molar-refractivity contribution in [3.8, 4) is 5.69 Å². The van der Waals surface area contributed by atoms with Gasteiger partial charge in [-0.1, -0.05) is 24.3 Å². The molecule has 0 aliphatic carbocycles. The van der Waals surface area contributed by atoms with Crippen LogP contribution in [0.3, 0.4) is 0 Å². The Hall–Kier alpha value is -3.78. The SMILES string of the molecule is C[C@H](NC(=O)c1cccc(NC(=O)c2cccs2)c1)c1ccc(-n2cncn2)cc1. The Bertz CT molecular complexity index is 1140. The van der Waals surface area contributed by atoms with Crippen LogP contribution < -0.4 is 10.6 Å². The van der Waals surface area contributed by atoms with Gasteiger partial charge in [0.15, 0.2) is 0 Å². The third kappa shape index (κ3) is 4.44. The molecule has 30 heavy (non-hydrogen) atoms. The zero-order chi connectivity index (χ0) is 20.9. The van der Waals surface area contributed by atoms with Crippen LogP contribution in [0.4, 0.5) is 5.69 Å². The quantitative estimate of drug-likeness (QED) is 0.495. The van der Waals surface area contributed by atoms with Gasteiger partial charge in [-0.3, -0.25) is 9.59 Å². The van der Waals surface area contributed by atoms with Gasteiger partial charge in [-0.25, -0.2) is 9.67 Å². The molecule has 0 saturated heterocycles. The number of carbonyl (C=O) groups excluding carboxylic acids is 2. The molecule has 0 unspecified atom stereocenters. The van der Waals surface area contributed by atoms with Crippen molar-refractivity contribution < 1.29 is 9.59 Å². The number of anilines is 1. The molecule has 0 bridgehead atoms. The van der Waals surface area contributed by atoms with Crippen molar-refractivity contribution >= 4 is 28.8 Å². The zero-order valence-corrected chi connectivity index (χ0v) is 17.0. The van der Waals surface area contributed by atoms with Gasteiger partial charge >= 0.3 is 0 Å². The maximum Gasteiger partial charge on any atom is 0.265 e. The second kappa shape index (κ2) is 8.71. The standard InChI is InChI=1S/C22H19N5O2S/c1-15(16-7-9-19(10-8-16)27-14-23-13-24-27)25-21(28)17-4-2-5-18(12-17)26-22(29)20-6-3-11-30-20/h2-15H,1H3,(H,25,28)(H,26,29)/t15-/m0/s1. The lowest BCUT2D eigenvalue weighted by molar-refractivity contribution is 0.0938. The Morgan fingerprint density at radius 2 is 1.87 bits per heavy atom. The molecule has 2 aromatic heterocycles. The Labute approximate surface area is 177 Å². The highest BCUT2D eigenvalue weighted by Crippen LogP contribution is 2.18. The van der Waals surface area contributed by atoms with Crippen molar-refractivity contribution in [3.63, 3.8) is 0 Å². The van der Waals surface area contributed by atoms with E-state index in [1.807, 2.05) is 42.6 Å². The molecule has 2 amide bonds. The predicted octanol–water partition coefficient (Wildman–Crippen LogP) is 4.07. The van der Waals surface area contributed by atoms with E-state index in [1.165, 1.54) is 17.7 Å². The van der Waals surface area contributed by atoms with E-state index in [0.717, 1.165) is 11.3 Å². The Morgan fingerprint density at radius 1 is 1.03 bits per heavy atom. The number of carbonyl (C=O) groups is 2. The number of nitrogens with one attached hydrogen (secondary N) is 2. The number of hydrogen-bond acceptors (Lipinski definition) is 5. The summed E-state index contributed by atoms with van der Waals surface area (Å²) in [7, 11) is 0. The molecule has 0 radical (unpaired) electrons. The first-order valence-corrected chi connectivity index (χ1v) is 10.2. The summed E-state index contributed by atoms with van der Waals surface area (Å²) < 4.78 is 1.67. The van der Waals surface area contributed by atoms with Gasteiger partial charge in [-0.15, -0.1) is 11.3 Å². The van der Waals surface area contributed by atoms with Crippen LogP contribution in [0.1, 0.15) is 38.6 Å². The molecule has 150 valence electrons. The van der Waals surface area contributed by atoms with Gasteiger partial charge in [0, 0.05) is 11.3 Å². The van der Waals surface area contributed by atoms with Gasteiger partial charge in [0.25, 0.3) is 11.8 Å². The second-order valence-electron chi connectivity index (χ2n) is 6.64. The molecular formula is C22H19N5O2S. The second-order valence-corrected chi connectivity index (χ2v) is 7.59. The molecule has 2 N–H and O–H groups in total. The molecule has 0 aliphatic rings. The van der Waals surface area contributed by atoms with E-state index < -0.39 is 0 Å². The Morgan fingerprint density at radius 3 is 2.57 bits per heavy atom. The van der Waals surface area contributed by atoms with Gasteiger partial charge < -0.3 is 10.6 Å². The summed E-state index contributed by atoms with van der Waals surface area (Å²) in [6, 6.07) is 18.0. The lowest BCUT2D eigenvalue weighted by atomic mass is 10.1. The van der Waals surface area contributed by atoms with E-state index in [0.29, 0.717) is 16.1 Å². The summed E-state index contributed by atoms with van der Waals surface area (Å²) in [5, 5.41) is 11.8. The average Bonchev–Trinajstić information content (AvgIpc) is 3.48. The summed E-state index contributed by atoms with van der Waals surface area (Å²) in [5.41, 5.74) is 2.91. The Kier molecular flexibility index (Phi) is 5.67. The number of hydrogen-bond donors (Lipinski definition) is 2. The fraction of sp³-hybridized carbons (Fsp3) is 0.0909. The van der Waals surface area contributed by atoms with E-state index in [2.05, 4.69) is 20.7 Å². The maximum absolute atomic E-state index is 12.7. The molecule has 7 nitrogen and oxygen atoms in total. The van der Waals surface area contributed by atoms with E-state index in [1.54, 1.807) is 41.3 Å². The van der Waals surface area contributed by atoms with Crippen molar-refractivity contribution in [1.82, 2.24) is 20.1 Å². The molecular weight excluding hydrogens is 398 g/mol. The van der Waals surface area contributed by atoms with Crippen LogP contribution in [0.15, 0.2) is 78.7 Å². The minimum Gasteiger partial charge on any atom is -0.346 e. The smallest absolute Gasteiger partial charge is 0.265 e. The monoisotopic (exact) mass is 417 g/mol. The highest BCUT2D eigenvalue weighted by atomic mass is 32.1.